The standard InChI is InChI=1S/C16H25N2O2/c1-11-7-6-8-13-14(11)12(9-17)10-18(13,5)15(19)20-16(2,3)4/h6-8,12H,9-10,17H2,1-5H3/q+1. The van der Waals surface area contributed by atoms with E-state index in [1.165, 1.54) is 11.1 Å². The zero-order chi connectivity index (χ0) is 15.1. The maximum Gasteiger partial charge on any atom is 0.521 e. The molecule has 0 bridgehead atoms. The van der Waals surface area contributed by atoms with Crippen LogP contribution in [0.4, 0.5) is 10.5 Å². The number of hydrogen-bond acceptors (Lipinski definition) is 3. The molecular formula is C16H25N2O2+. The average molecular weight is 277 g/mol. The molecule has 2 rings (SSSR count). The minimum absolute atomic E-state index is 0.177. The summed E-state index contributed by atoms with van der Waals surface area (Å²) in [5.74, 6) is 0.212. The van der Waals surface area contributed by atoms with Crippen molar-refractivity contribution in [1.29, 1.82) is 0 Å². The number of rotatable bonds is 1. The quantitative estimate of drug-likeness (QED) is 0.803. The van der Waals surface area contributed by atoms with Crippen molar-refractivity contribution in [3.05, 3.63) is 29.3 Å². The van der Waals surface area contributed by atoms with Crippen molar-refractivity contribution in [3.8, 4) is 0 Å². The van der Waals surface area contributed by atoms with E-state index in [2.05, 4.69) is 13.0 Å². The molecule has 1 aliphatic heterocycles. The Morgan fingerprint density at radius 3 is 2.65 bits per heavy atom. The second kappa shape index (κ2) is 4.86. The molecule has 0 fully saturated rings. The first-order valence-electron chi connectivity index (χ1n) is 7.08. The van der Waals surface area contributed by atoms with Crippen LogP contribution in [0.5, 0.6) is 0 Å². The van der Waals surface area contributed by atoms with E-state index >= 15 is 0 Å². The highest BCUT2D eigenvalue weighted by atomic mass is 16.6. The smallest absolute Gasteiger partial charge is 0.414 e. The van der Waals surface area contributed by atoms with E-state index in [-0.39, 0.29) is 16.5 Å². The normalized spacial score (nSPS) is 25.4. The zero-order valence-corrected chi connectivity index (χ0v) is 13.1. The maximum absolute atomic E-state index is 12.6. The molecule has 4 nitrogen and oxygen atoms in total. The van der Waals surface area contributed by atoms with Gasteiger partial charge in [0.15, 0.2) is 0 Å². The predicted molar refractivity (Wildman–Crippen MR) is 81.8 cm³/mol. The molecule has 1 heterocycles. The van der Waals surface area contributed by atoms with Gasteiger partial charge in [-0.25, -0.2) is 0 Å². The van der Waals surface area contributed by atoms with E-state index < -0.39 is 5.60 Å². The van der Waals surface area contributed by atoms with E-state index in [0.717, 1.165) is 5.69 Å². The van der Waals surface area contributed by atoms with E-state index in [1.807, 2.05) is 40.0 Å². The zero-order valence-electron chi connectivity index (χ0n) is 13.1. The molecule has 0 aliphatic carbocycles. The van der Waals surface area contributed by atoms with Crippen LogP contribution in [0.2, 0.25) is 0 Å². The van der Waals surface area contributed by atoms with Gasteiger partial charge in [0, 0.05) is 18.2 Å². The third-order valence-electron chi connectivity index (χ3n) is 3.91. The molecule has 1 amide bonds. The second-order valence-electron chi connectivity index (χ2n) is 6.79. The van der Waals surface area contributed by atoms with Gasteiger partial charge in [-0.05, 0) is 33.3 Å². The lowest BCUT2D eigenvalue weighted by Crippen LogP contribution is -2.52. The van der Waals surface area contributed by atoms with Gasteiger partial charge in [0.05, 0.1) is 13.0 Å². The number of nitrogens with two attached hydrogens (primary N) is 1. The number of benzene rings is 1. The van der Waals surface area contributed by atoms with Crippen LogP contribution in [0, 0.1) is 6.92 Å². The van der Waals surface area contributed by atoms with Gasteiger partial charge in [-0.1, -0.05) is 12.1 Å². The van der Waals surface area contributed by atoms with Crippen molar-refractivity contribution in [3.63, 3.8) is 0 Å². The third kappa shape index (κ3) is 2.45. The molecule has 0 saturated heterocycles. The monoisotopic (exact) mass is 277 g/mol. The highest BCUT2D eigenvalue weighted by Crippen LogP contribution is 2.42. The summed E-state index contributed by atoms with van der Waals surface area (Å²) in [5.41, 5.74) is 8.85. The number of ether oxygens (including phenoxy) is 1. The number of carbonyl (C=O) groups is 1. The minimum Gasteiger partial charge on any atom is -0.414 e. The predicted octanol–water partition coefficient (Wildman–Crippen LogP) is 2.92. The van der Waals surface area contributed by atoms with Crippen LogP contribution in [0.3, 0.4) is 0 Å². The summed E-state index contributed by atoms with van der Waals surface area (Å²) in [6, 6.07) is 6.09. The Kier molecular flexibility index (Phi) is 3.65. The first kappa shape index (κ1) is 15.0. The minimum atomic E-state index is -0.483. The first-order chi connectivity index (χ1) is 9.19. The van der Waals surface area contributed by atoms with Gasteiger partial charge in [-0.3, -0.25) is 0 Å². The molecule has 1 aromatic rings. The number of aryl methyl sites for hydroxylation is 1. The van der Waals surface area contributed by atoms with Crippen LogP contribution < -0.4 is 10.2 Å². The molecule has 2 atom stereocenters. The number of nitrogens with zero attached hydrogens (tertiary/aromatic N) is 1. The lowest BCUT2D eigenvalue weighted by molar-refractivity contribution is 0.0318. The molecule has 2 unspecified atom stereocenters. The van der Waals surface area contributed by atoms with Gasteiger partial charge in [0.2, 0.25) is 0 Å². The number of carbonyl (C=O) groups excluding carboxylic acids is 1. The summed E-state index contributed by atoms with van der Waals surface area (Å²) in [4.78, 5) is 12.6. The molecule has 2 N–H and O–H groups in total. The number of fused-ring (bicyclic) bond motifs is 1. The van der Waals surface area contributed by atoms with E-state index in [0.29, 0.717) is 13.1 Å². The van der Waals surface area contributed by atoms with Crippen LogP contribution in [-0.2, 0) is 4.74 Å². The molecule has 0 saturated carbocycles. The highest BCUT2D eigenvalue weighted by Gasteiger charge is 2.49. The van der Waals surface area contributed by atoms with Crippen molar-refractivity contribution >= 4 is 11.8 Å². The SMILES string of the molecule is Cc1cccc2c1C(CN)C[N+]2(C)C(=O)OC(C)(C)C. The van der Waals surface area contributed by atoms with Crippen molar-refractivity contribution in [2.24, 2.45) is 5.73 Å². The van der Waals surface area contributed by atoms with Crippen LogP contribution in [0.1, 0.15) is 37.8 Å². The molecule has 20 heavy (non-hydrogen) atoms. The Morgan fingerprint density at radius 2 is 2.10 bits per heavy atom. The second-order valence-corrected chi connectivity index (χ2v) is 6.79. The fourth-order valence-electron chi connectivity index (χ4n) is 2.98. The number of quaternary nitrogens is 1. The summed E-state index contributed by atoms with van der Waals surface area (Å²) in [6.07, 6.45) is -0.208. The molecule has 4 heteroatoms. The molecule has 0 aromatic heterocycles. The summed E-state index contributed by atoms with van der Waals surface area (Å²) in [6.45, 7) is 8.98. The van der Waals surface area contributed by atoms with Crippen LogP contribution in [0.15, 0.2) is 18.2 Å². The molecular weight excluding hydrogens is 252 g/mol. The topological polar surface area (TPSA) is 52.3 Å². The summed E-state index contributed by atoms with van der Waals surface area (Å²) < 4.78 is 5.78. The van der Waals surface area contributed by atoms with Gasteiger partial charge in [0.1, 0.15) is 17.8 Å². The fourth-order valence-corrected chi connectivity index (χ4v) is 2.98. The third-order valence-corrected chi connectivity index (χ3v) is 3.91. The molecule has 0 spiro atoms. The molecule has 1 aromatic carbocycles. The lowest BCUT2D eigenvalue weighted by Gasteiger charge is -2.29. The van der Waals surface area contributed by atoms with E-state index in [9.17, 15) is 4.79 Å². The largest absolute Gasteiger partial charge is 0.521 e. The van der Waals surface area contributed by atoms with Gasteiger partial charge >= 0.3 is 6.09 Å². The van der Waals surface area contributed by atoms with Gasteiger partial charge < -0.3 is 10.5 Å². The van der Waals surface area contributed by atoms with Crippen molar-refractivity contribution in [2.75, 3.05) is 20.1 Å². The van der Waals surface area contributed by atoms with Gasteiger partial charge in [-0.2, -0.15) is 9.28 Å². The van der Waals surface area contributed by atoms with E-state index in [4.69, 9.17) is 10.5 Å². The Bertz CT molecular complexity index is 534. The number of hydrogen-bond donors (Lipinski definition) is 1. The van der Waals surface area contributed by atoms with Crippen molar-refractivity contribution in [2.45, 2.75) is 39.2 Å². The summed E-state index contributed by atoms with van der Waals surface area (Å²) in [5, 5.41) is 0. The summed E-state index contributed by atoms with van der Waals surface area (Å²) >= 11 is 0. The Hall–Kier alpha value is -1.39. The Morgan fingerprint density at radius 1 is 1.45 bits per heavy atom. The molecule has 1 aliphatic rings. The van der Waals surface area contributed by atoms with Crippen LogP contribution >= 0.6 is 0 Å². The summed E-state index contributed by atoms with van der Waals surface area (Å²) in [7, 11) is 1.92. The number of likely N-dealkylation sites (N-methyl/N-ethyl adjacent to an activating group) is 1. The average Bonchev–Trinajstić information content (AvgIpc) is 2.63. The Labute approximate surface area is 121 Å². The van der Waals surface area contributed by atoms with Crippen molar-refractivity contribution < 1.29 is 9.53 Å². The lowest BCUT2D eigenvalue weighted by atomic mass is 9.97. The van der Waals surface area contributed by atoms with Crippen LogP contribution in [0.25, 0.3) is 0 Å². The first-order valence-corrected chi connectivity index (χ1v) is 7.08. The maximum atomic E-state index is 12.6. The highest BCUT2D eigenvalue weighted by molar-refractivity contribution is 5.86. The Balaban J connectivity index is 2.45. The number of amides is 1. The van der Waals surface area contributed by atoms with Gasteiger partial charge in [0.25, 0.3) is 0 Å². The molecule has 110 valence electrons. The fraction of sp³-hybridized carbons (Fsp3) is 0.562. The van der Waals surface area contributed by atoms with Crippen LogP contribution in [-0.4, -0.2) is 31.8 Å². The van der Waals surface area contributed by atoms with Gasteiger partial charge in [-0.15, -0.1) is 0 Å². The van der Waals surface area contributed by atoms with E-state index in [1.54, 1.807) is 0 Å². The van der Waals surface area contributed by atoms with Crippen molar-refractivity contribution in [1.82, 2.24) is 4.48 Å². The molecule has 0 radical (unpaired) electrons.